The number of carbonyl (C=O) groups excluding carboxylic acids is 1. The number of rotatable bonds is 6. The molecule has 0 radical (unpaired) electrons. The van der Waals surface area contributed by atoms with Crippen LogP contribution in [0, 0.1) is 0 Å². The number of hydrogen-bond acceptors (Lipinski definition) is 5. The molecule has 7 heteroatoms. The molecular formula is C12H16BNO5. The number of aliphatic hydroxyl groups is 1. The number of benzene rings is 1. The Morgan fingerprint density at radius 2 is 2.37 bits per heavy atom. The zero-order valence-electron chi connectivity index (χ0n) is 10.5. The van der Waals surface area contributed by atoms with E-state index in [4.69, 9.17) is 14.5 Å². The minimum Gasteiger partial charge on any atom is -0.484 e. The van der Waals surface area contributed by atoms with Crippen molar-refractivity contribution in [2.24, 2.45) is 0 Å². The maximum absolute atomic E-state index is 11.5. The van der Waals surface area contributed by atoms with Gasteiger partial charge in [0, 0.05) is 18.6 Å². The Morgan fingerprint density at radius 1 is 1.53 bits per heavy atom. The molecule has 1 aromatic carbocycles. The average molecular weight is 265 g/mol. The Balaban J connectivity index is 1.90. The highest BCUT2D eigenvalue weighted by atomic mass is 16.5. The predicted molar refractivity (Wildman–Crippen MR) is 69.0 cm³/mol. The molecule has 0 aromatic heterocycles. The largest absolute Gasteiger partial charge is 0.495 e. The molecule has 0 fully saturated rings. The number of ether oxygens (including phenoxy) is 1. The molecule has 1 amide bonds. The third-order valence-electron chi connectivity index (χ3n) is 2.82. The highest BCUT2D eigenvalue weighted by Gasteiger charge is 2.31. The smallest absolute Gasteiger partial charge is 0.484 e. The molecule has 1 aliphatic heterocycles. The summed E-state index contributed by atoms with van der Waals surface area (Å²) in [6, 6.07) is 5.33. The lowest BCUT2D eigenvalue weighted by molar-refractivity contribution is -0.123. The van der Waals surface area contributed by atoms with E-state index in [0.717, 1.165) is 5.56 Å². The van der Waals surface area contributed by atoms with Crippen molar-refractivity contribution in [3.8, 4) is 5.75 Å². The summed E-state index contributed by atoms with van der Waals surface area (Å²) in [6.45, 7) is 0.666. The fourth-order valence-electron chi connectivity index (χ4n) is 1.87. The van der Waals surface area contributed by atoms with E-state index in [1.807, 2.05) is 6.07 Å². The van der Waals surface area contributed by atoms with Gasteiger partial charge in [0.05, 0.1) is 6.61 Å². The second-order valence-electron chi connectivity index (χ2n) is 4.21. The highest BCUT2D eigenvalue weighted by Crippen LogP contribution is 2.17. The van der Waals surface area contributed by atoms with Gasteiger partial charge in [-0.05, 0) is 18.1 Å². The second-order valence-corrected chi connectivity index (χ2v) is 4.21. The van der Waals surface area contributed by atoms with Crippen LogP contribution >= 0.6 is 0 Å². The third-order valence-corrected chi connectivity index (χ3v) is 2.82. The first-order valence-electron chi connectivity index (χ1n) is 6.14. The first kappa shape index (κ1) is 13.9. The number of fused-ring (bicyclic) bond motifs is 1. The Kier molecular flexibility index (Phi) is 4.78. The van der Waals surface area contributed by atoms with E-state index < -0.39 is 7.12 Å². The van der Waals surface area contributed by atoms with Gasteiger partial charge in [0.25, 0.3) is 5.91 Å². The van der Waals surface area contributed by atoms with E-state index in [0.29, 0.717) is 30.8 Å². The molecular weight excluding hydrogens is 249 g/mol. The summed E-state index contributed by atoms with van der Waals surface area (Å²) >= 11 is 0. The van der Waals surface area contributed by atoms with Gasteiger partial charge in [-0.2, -0.15) is 0 Å². The zero-order valence-corrected chi connectivity index (χ0v) is 10.5. The summed E-state index contributed by atoms with van der Waals surface area (Å²) in [6.07, 6.45) is 0.513. The molecule has 19 heavy (non-hydrogen) atoms. The van der Waals surface area contributed by atoms with Crippen molar-refractivity contribution in [2.45, 2.75) is 13.0 Å². The monoisotopic (exact) mass is 265 g/mol. The van der Waals surface area contributed by atoms with Gasteiger partial charge in [0.15, 0.2) is 6.61 Å². The Morgan fingerprint density at radius 3 is 3.16 bits per heavy atom. The van der Waals surface area contributed by atoms with Crippen molar-refractivity contribution in [3.63, 3.8) is 0 Å². The molecule has 0 saturated carbocycles. The lowest BCUT2D eigenvalue weighted by Crippen LogP contribution is -2.33. The van der Waals surface area contributed by atoms with Gasteiger partial charge in [-0.15, -0.1) is 0 Å². The van der Waals surface area contributed by atoms with E-state index in [-0.39, 0.29) is 19.1 Å². The number of hydrogen-bond donors (Lipinski definition) is 3. The van der Waals surface area contributed by atoms with Crippen LogP contribution < -0.4 is 15.5 Å². The summed E-state index contributed by atoms with van der Waals surface area (Å²) in [5.41, 5.74) is 1.45. The van der Waals surface area contributed by atoms with E-state index in [9.17, 15) is 9.82 Å². The van der Waals surface area contributed by atoms with Gasteiger partial charge in [-0.1, -0.05) is 12.1 Å². The van der Waals surface area contributed by atoms with E-state index >= 15 is 0 Å². The third kappa shape index (κ3) is 3.47. The van der Waals surface area contributed by atoms with Crippen LogP contribution in [0.2, 0.25) is 0 Å². The predicted octanol–water partition coefficient (Wildman–Crippen LogP) is -1.22. The number of carbonyl (C=O) groups is 1. The Bertz CT molecular complexity index is 454. The van der Waals surface area contributed by atoms with E-state index in [2.05, 4.69) is 5.32 Å². The maximum atomic E-state index is 11.5. The fraction of sp³-hybridized carbons (Fsp3) is 0.417. The normalized spacial score (nSPS) is 13.3. The Labute approximate surface area is 111 Å². The van der Waals surface area contributed by atoms with Crippen LogP contribution in [0.4, 0.5) is 0 Å². The first-order chi connectivity index (χ1) is 9.22. The lowest BCUT2D eigenvalue weighted by Gasteiger charge is -2.10. The van der Waals surface area contributed by atoms with Crippen LogP contribution in [0.25, 0.3) is 0 Å². The lowest BCUT2D eigenvalue weighted by atomic mass is 9.79. The number of amides is 1. The van der Waals surface area contributed by atoms with Gasteiger partial charge in [0.2, 0.25) is 0 Å². The summed E-state index contributed by atoms with van der Waals surface area (Å²) in [5.74, 6) is 0.194. The molecule has 0 atom stereocenters. The average Bonchev–Trinajstić information content (AvgIpc) is 2.79. The SMILES string of the molecule is O=C(COc1cccc2c1B(O)OC2)NCCCO. The van der Waals surface area contributed by atoms with Crippen molar-refractivity contribution in [1.82, 2.24) is 5.32 Å². The van der Waals surface area contributed by atoms with Crippen molar-refractivity contribution in [2.75, 3.05) is 19.8 Å². The maximum Gasteiger partial charge on any atom is 0.495 e. The summed E-state index contributed by atoms with van der Waals surface area (Å²) < 4.78 is 10.5. The first-order valence-corrected chi connectivity index (χ1v) is 6.14. The number of nitrogens with one attached hydrogen (secondary N) is 1. The van der Waals surface area contributed by atoms with Crippen LogP contribution in [0.3, 0.4) is 0 Å². The molecule has 1 aliphatic rings. The van der Waals surface area contributed by atoms with Gasteiger partial charge < -0.3 is 24.8 Å². The van der Waals surface area contributed by atoms with Crippen LogP contribution in [0.15, 0.2) is 18.2 Å². The van der Waals surface area contributed by atoms with Crippen LogP contribution in [-0.4, -0.2) is 42.9 Å². The summed E-state index contributed by atoms with van der Waals surface area (Å²) in [7, 11) is -0.997. The van der Waals surface area contributed by atoms with Gasteiger partial charge in [-0.25, -0.2) is 0 Å². The van der Waals surface area contributed by atoms with Gasteiger partial charge in [-0.3, -0.25) is 4.79 Å². The number of aliphatic hydroxyl groups excluding tert-OH is 1. The quantitative estimate of drug-likeness (QED) is 0.443. The van der Waals surface area contributed by atoms with Crippen LogP contribution in [-0.2, 0) is 16.1 Å². The molecule has 102 valence electrons. The molecule has 0 aliphatic carbocycles. The van der Waals surface area contributed by atoms with Crippen molar-refractivity contribution < 1.29 is 24.3 Å². The summed E-state index contributed by atoms with van der Waals surface area (Å²) in [4.78, 5) is 11.5. The fourth-order valence-corrected chi connectivity index (χ4v) is 1.87. The molecule has 0 saturated heterocycles. The molecule has 3 N–H and O–H groups in total. The second kappa shape index (κ2) is 6.56. The van der Waals surface area contributed by atoms with Crippen molar-refractivity contribution in [3.05, 3.63) is 23.8 Å². The van der Waals surface area contributed by atoms with E-state index in [1.54, 1.807) is 12.1 Å². The molecule has 6 nitrogen and oxygen atoms in total. The molecule has 0 spiro atoms. The van der Waals surface area contributed by atoms with Crippen LogP contribution in [0.1, 0.15) is 12.0 Å². The molecule has 2 rings (SSSR count). The van der Waals surface area contributed by atoms with Crippen molar-refractivity contribution in [1.29, 1.82) is 0 Å². The topological polar surface area (TPSA) is 88.0 Å². The van der Waals surface area contributed by atoms with Gasteiger partial charge >= 0.3 is 7.12 Å². The van der Waals surface area contributed by atoms with Crippen molar-refractivity contribution >= 4 is 18.5 Å². The minimum atomic E-state index is -0.997. The minimum absolute atomic E-state index is 0.0386. The Hall–Kier alpha value is -1.57. The molecule has 0 bridgehead atoms. The van der Waals surface area contributed by atoms with E-state index in [1.165, 1.54) is 0 Å². The molecule has 0 unspecified atom stereocenters. The molecule has 1 heterocycles. The standard InChI is InChI=1S/C12H16BNO5/c15-6-2-5-14-11(16)8-18-10-4-1-3-9-7-19-13(17)12(9)10/h1,3-4,15,17H,2,5-8H2,(H,14,16). The zero-order chi connectivity index (χ0) is 13.7. The highest BCUT2D eigenvalue weighted by molar-refractivity contribution is 6.62. The summed E-state index contributed by atoms with van der Waals surface area (Å²) in [5, 5.41) is 20.9. The van der Waals surface area contributed by atoms with Crippen LogP contribution in [0.5, 0.6) is 5.75 Å². The van der Waals surface area contributed by atoms with Gasteiger partial charge in [0.1, 0.15) is 5.75 Å². The molecule has 1 aromatic rings.